The standard InChI is InChI=1S/C10H13FN2O/c11-8-1-2-9(13-6-8)5-10(14)3-4-12-7-10/h1-2,6,12,14H,3-5,7H2. The van der Waals surface area contributed by atoms with Gasteiger partial charge in [-0.1, -0.05) is 0 Å². The summed E-state index contributed by atoms with van der Waals surface area (Å²) < 4.78 is 12.6. The summed E-state index contributed by atoms with van der Waals surface area (Å²) in [5.74, 6) is -0.342. The van der Waals surface area contributed by atoms with E-state index in [4.69, 9.17) is 0 Å². The van der Waals surface area contributed by atoms with Crippen molar-refractivity contribution in [2.45, 2.75) is 18.4 Å². The van der Waals surface area contributed by atoms with Crippen LogP contribution in [0.1, 0.15) is 12.1 Å². The van der Waals surface area contributed by atoms with E-state index in [0.717, 1.165) is 18.7 Å². The van der Waals surface area contributed by atoms with Crippen LogP contribution in [0.15, 0.2) is 18.3 Å². The molecule has 2 rings (SSSR count). The molecular formula is C10H13FN2O. The van der Waals surface area contributed by atoms with Crippen LogP contribution >= 0.6 is 0 Å². The third kappa shape index (κ3) is 2.08. The zero-order valence-electron chi connectivity index (χ0n) is 7.83. The Kier molecular flexibility index (Phi) is 2.48. The number of halogens is 1. The van der Waals surface area contributed by atoms with E-state index >= 15 is 0 Å². The fourth-order valence-corrected chi connectivity index (χ4v) is 1.73. The normalized spacial score (nSPS) is 26.7. The summed E-state index contributed by atoms with van der Waals surface area (Å²) in [5, 5.41) is 13.1. The maximum absolute atomic E-state index is 12.6. The summed E-state index contributed by atoms with van der Waals surface area (Å²) in [6.07, 6.45) is 2.40. The van der Waals surface area contributed by atoms with E-state index < -0.39 is 5.60 Å². The van der Waals surface area contributed by atoms with Crippen LogP contribution in [0.3, 0.4) is 0 Å². The number of hydrogen-bond donors (Lipinski definition) is 2. The van der Waals surface area contributed by atoms with E-state index in [9.17, 15) is 9.50 Å². The first-order valence-corrected chi connectivity index (χ1v) is 4.72. The van der Waals surface area contributed by atoms with Crippen LogP contribution < -0.4 is 5.32 Å². The van der Waals surface area contributed by atoms with Gasteiger partial charge in [-0.25, -0.2) is 4.39 Å². The highest BCUT2D eigenvalue weighted by atomic mass is 19.1. The van der Waals surface area contributed by atoms with Gasteiger partial charge in [0, 0.05) is 18.7 Å². The minimum absolute atomic E-state index is 0.342. The maximum atomic E-state index is 12.6. The Morgan fingerprint density at radius 2 is 2.43 bits per heavy atom. The van der Waals surface area contributed by atoms with Crippen molar-refractivity contribution in [3.05, 3.63) is 29.8 Å². The van der Waals surface area contributed by atoms with Gasteiger partial charge in [-0.05, 0) is 25.1 Å². The van der Waals surface area contributed by atoms with Gasteiger partial charge in [0.25, 0.3) is 0 Å². The Morgan fingerprint density at radius 3 is 3.00 bits per heavy atom. The Morgan fingerprint density at radius 1 is 1.57 bits per heavy atom. The molecule has 1 aromatic rings. The van der Waals surface area contributed by atoms with Crippen LogP contribution in [0.25, 0.3) is 0 Å². The molecule has 4 heteroatoms. The van der Waals surface area contributed by atoms with Gasteiger partial charge in [0.15, 0.2) is 0 Å². The zero-order chi connectivity index (χ0) is 10.0. The molecule has 0 aromatic carbocycles. The molecule has 2 N–H and O–H groups in total. The quantitative estimate of drug-likeness (QED) is 0.723. The lowest BCUT2D eigenvalue weighted by atomic mass is 9.97. The smallest absolute Gasteiger partial charge is 0.141 e. The summed E-state index contributed by atoms with van der Waals surface area (Å²) in [6.45, 7) is 1.42. The first-order valence-electron chi connectivity index (χ1n) is 4.72. The molecule has 1 unspecified atom stereocenters. The molecule has 1 atom stereocenters. The van der Waals surface area contributed by atoms with Gasteiger partial charge in [-0.2, -0.15) is 0 Å². The number of aromatic nitrogens is 1. The highest BCUT2D eigenvalue weighted by molar-refractivity contribution is 5.09. The molecule has 3 nitrogen and oxygen atoms in total. The van der Waals surface area contributed by atoms with Crippen LogP contribution in [0.4, 0.5) is 4.39 Å². The van der Waals surface area contributed by atoms with Crippen LogP contribution in [-0.4, -0.2) is 28.8 Å². The van der Waals surface area contributed by atoms with Crippen molar-refractivity contribution < 1.29 is 9.50 Å². The van der Waals surface area contributed by atoms with Gasteiger partial charge in [0.2, 0.25) is 0 Å². The van der Waals surface area contributed by atoms with Crippen molar-refractivity contribution in [3.63, 3.8) is 0 Å². The molecule has 1 saturated heterocycles. The van der Waals surface area contributed by atoms with Crippen molar-refractivity contribution in [3.8, 4) is 0 Å². The first-order chi connectivity index (χ1) is 6.68. The van der Waals surface area contributed by atoms with E-state index in [1.165, 1.54) is 12.3 Å². The third-order valence-electron chi connectivity index (χ3n) is 2.52. The molecule has 1 fully saturated rings. The number of hydrogen-bond acceptors (Lipinski definition) is 3. The van der Waals surface area contributed by atoms with Gasteiger partial charge in [-0.3, -0.25) is 4.98 Å². The second-order valence-electron chi connectivity index (χ2n) is 3.80. The van der Waals surface area contributed by atoms with Crippen LogP contribution in [0.5, 0.6) is 0 Å². The molecule has 2 heterocycles. The van der Waals surface area contributed by atoms with Crippen molar-refractivity contribution >= 4 is 0 Å². The second kappa shape index (κ2) is 3.63. The van der Waals surface area contributed by atoms with E-state index in [-0.39, 0.29) is 5.82 Å². The maximum Gasteiger partial charge on any atom is 0.141 e. The third-order valence-corrected chi connectivity index (χ3v) is 2.52. The van der Waals surface area contributed by atoms with Gasteiger partial charge in [0.05, 0.1) is 11.8 Å². The Hall–Kier alpha value is -1.00. The molecule has 0 spiro atoms. The summed E-state index contributed by atoms with van der Waals surface area (Å²) >= 11 is 0. The van der Waals surface area contributed by atoms with Gasteiger partial charge >= 0.3 is 0 Å². The molecule has 1 aliphatic rings. The van der Waals surface area contributed by atoms with Gasteiger partial charge in [0.1, 0.15) is 5.82 Å². The first kappa shape index (κ1) is 9.55. The summed E-state index contributed by atoms with van der Waals surface area (Å²) in [5.41, 5.74) is 0.0303. The van der Waals surface area contributed by atoms with Crippen molar-refractivity contribution in [1.82, 2.24) is 10.3 Å². The van der Waals surface area contributed by atoms with Crippen LogP contribution in [-0.2, 0) is 6.42 Å². The van der Waals surface area contributed by atoms with Crippen molar-refractivity contribution in [2.75, 3.05) is 13.1 Å². The Balaban J connectivity index is 2.06. The predicted octanol–water partition coefficient (Wildman–Crippen LogP) is 0.488. The molecule has 1 aromatic heterocycles. The monoisotopic (exact) mass is 196 g/mol. The Labute approximate surface area is 82.0 Å². The second-order valence-corrected chi connectivity index (χ2v) is 3.80. The molecule has 1 aliphatic heterocycles. The summed E-state index contributed by atoms with van der Waals surface area (Å²) in [4.78, 5) is 3.92. The van der Waals surface area contributed by atoms with Gasteiger partial charge < -0.3 is 10.4 Å². The highest BCUT2D eigenvalue weighted by Gasteiger charge is 2.31. The number of rotatable bonds is 2. The zero-order valence-corrected chi connectivity index (χ0v) is 7.83. The van der Waals surface area contributed by atoms with E-state index in [1.54, 1.807) is 6.07 Å². The molecular weight excluding hydrogens is 183 g/mol. The van der Waals surface area contributed by atoms with Gasteiger partial charge in [-0.15, -0.1) is 0 Å². The van der Waals surface area contributed by atoms with E-state index in [1.807, 2.05) is 0 Å². The average molecular weight is 196 g/mol. The minimum atomic E-state index is -0.704. The fraction of sp³-hybridized carbons (Fsp3) is 0.500. The number of pyridine rings is 1. The molecule has 0 bridgehead atoms. The van der Waals surface area contributed by atoms with Crippen molar-refractivity contribution in [2.24, 2.45) is 0 Å². The minimum Gasteiger partial charge on any atom is -0.388 e. The molecule has 0 amide bonds. The highest BCUT2D eigenvalue weighted by Crippen LogP contribution is 2.19. The molecule has 0 aliphatic carbocycles. The largest absolute Gasteiger partial charge is 0.388 e. The number of nitrogens with one attached hydrogen (secondary N) is 1. The fourth-order valence-electron chi connectivity index (χ4n) is 1.73. The average Bonchev–Trinajstić information content (AvgIpc) is 2.57. The topological polar surface area (TPSA) is 45.2 Å². The summed E-state index contributed by atoms with van der Waals surface area (Å²) in [6, 6.07) is 2.99. The lowest BCUT2D eigenvalue weighted by Gasteiger charge is -2.20. The van der Waals surface area contributed by atoms with Crippen LogP contribution in [0.2, 0.25) is 0 Å². The SMILES string of the molecule is OC1(Cc2ccc(F)cn2)CCNC1. The Bertz CT molecular complexity index is 306. The molecule has 14 heavy (non-hydrogen) atoms. The molecule has 76 valence electrons. The number of nitrogens with zero attached hydrogens (tertiary/aromatic N) is 1. The molecule has 0 radical (unpaired) electrons. The lowest BCUT2D eigenvalue weighted by molar-refractivity contribution is 0.0608. The van der Waals surface area contributed by atoms with Crippen molar-refractivity contribution in [1.29, 1.82) is 0 Å². The lowest BCUT2D eigenvalue weighted by Crippen LogP contribution is -2.34. The van der Waals surface area contributed by atoms with E-state index in [2.05, 4.69) is 10.3 Å². The predicted molar refractivity (Wildman–Crippen MR) is 50.3 cm³/mol. The van der Waals surface area contributed by atoms with Crippen LogP contribution in [0, 0.1) is 5.82 Å². The number of aliphatic hydroxyl groups is 1. The summed E-state index contributed by atoms with van der Waals surface area (Å²) in [7, 11) is 0. The number of β-amino-alcohol motifs (C(OH)–C–C–N with tert-alkyl or cyclic N) is 1. The molecule has 0 saturated carbocycles. The van der Waals surface area contributed by atoms with E-state index in [0.29, 0.717) is 13.0 Å².